The number of ether oxygens (including phenoxy) is 1. The molecule has 2 aromatic carbocycles. The van der Waals surface area contributed by atoms with E-state index in [-0.39, 0.29) is 16.5 Å². The molecule has 1 amide bonds. The lowest BCUT2D eigenvalue weighted by atomic mass is 10.1. The lowest BCUT2D eigenvalue weighted by Gasteiger charge is -2.22. The first-order valence-corrected chi connectivity index (χ1v) is 11.4. The van der Waals surface area contributed by atoms with Gasteiger partial charge in [-0.2, -0.15) is 0 Å². The molecular formula is C20H23BrN2O4S. The van der Waals surface area contributed by atoms with Crippen LogP contribution in [-0.2, 0) is 10.0 Å². The normalized spacial score (nSPS) is 15.0. The van der Waals surface area contributed by atoms with Gasteiger partial charge in [-0.15, -0.1) is 0 Å². The van der Waals surface area contributed by atoms with Gasteiger partial charge in [0.1, 0.15) is 5.75 Å². The molecule has 1 N–H and O–H groups in total. The van der Waals surface area contributed by atoms with Crippen molar-refractivity contribution in [2.45, 2.75) is 30.6 Å². The number of rotatable bonds is 5. The number of nitrogens with zero attached hydrogens (tertiary/aromatic N) is 1. The summed E-state index contributed by atoms with van der Waals surface area (Å²) in [6.45, 7) is 1.40. The second-order valence-corrected chi connectivity index (χ2v) is 9.19. The molecule has 0 atom stereocenters. The van der Waals surface area contributed by atoms with E-state index in [9.17, 15) is 13.2 Å². The molecule has 1 aliphatic rings. The molecule has 0 aliphatic carbocycles. The number of halogens is 1. The molecule has 1 saturated heterocycles. The van der Waals surface area contributed by atoms with E-state index in [2.05, 4.69) is 20.7 Å². The summed E-state index contributed by atoms with van der Waals surface area (Å²) in [4.78, 5) is 14.9. The van der Waals surface area contributed by atoms with E-state index in [1.165, 1.54) is 19.2 Å². The number of sulfonamides is 1. The molecule has 0 unspecified atom stereocenters. The Hall–Kier alpha value is -2.06. The van der Waals surface area contributed by atoms with Crippen molar-refractivity contribution in [1.29, 1.82) is 0 Å². The maximum atomic E-state index is 13.0. The number of likely N-dealkylation sites (tertiary alicyclic amines) is 1. The number of amides is 1. The summed E-state index contributed by atoms with van der Waals surface area (Å²) in [6, 6.07) is 11.2. The zero-order valence-electron chi connectivity index (χ0n) is 15.7. The van der Waals surface area contributed by atoms with Crippen molar-refractivity contribution >= 4 is 37.5 Å². The van der Waals surface area contributed by atoms with Gasteiger partial charge >= 0.3 is 0 Å². The summed E-state index contributed by atoms with van der Waals surface area (Å²) in [5.41, 5.74) is 0.643. The molecule has 2 aromatic rings. The van der Waals surface area contributed by atoms with Gasteiger partial charge in [0.05, 0.1) is 27.7 Å². The fourth-order valence-corrected chi connectivity index (χ4v) is 5.02. The Morgan fingerprint density at radius 2 is 1.75 bits per heavy atom. The van der Waals surface area contributed by atoms with Crippen LogP contribution < -0.4 is 9.46 Å². The van der Waals surface area contributed by atoms with Gasteiger partial charge in [0.15, 0.2) is 0 Å². The molecule has 1 fully saturated rings. The molecule has 28 heavy (non-hydrogen) atoms. The lowest BCUT2D eigenvalue weighted by molar-refractivity contribution is 0.0762. The number of carbonyl (C=O) groups is 1. The first-order valence-electron chi connectivity index (χ1n) is 9.17. The highest BCUT2D eigenvalue weighted by atomic mass is 79.9. The number of nitrogens with one attached hydrogen (secondary N) is 1. The SMILES string of the molecule is COc1ccc(S(=O)(=O)Nc2ccccc2C(=O)N2CCCCCC2)cc1Br. The van der Waals surface area contributed by atoms with Crippen LogP contribution >= 0.6 is 15.9 Å². The smallest absolute Gasteiger partial charge is 0.261 e. The molecule has 1 heterocycles. The molecular weight excluding hydrogens is 444 g/mol. The Morgan fingerprint density at radius 3 is 2.39 bits per heavy atom. The van der Waals surface area contributed by atoms with Crippen molar-refractivity contribution in [3.8, 4) is 5.75 Å². The highest BCUT2D eigenvalue weighted by Crippen LogP contribution is 2.29. The summed E-state index contributed by atoms with van der Waals surface area (Å²) in [5, 5.41) is 0. The zero-order chi connectivity index (χ0) is 20.1. The second kappa shape index (κ2) is 8.96. The van der Waals surface area contributed by atoms with Crippen LogP contribution in [0.4, 0.5) is 5.69 Å². The van der Waals surface area contributed by atoms with Crippen LogP contribution in [-0.4, -0.2) is 39.4 Å². The Morgan fingerprint density at radius 1 is 1.07 bits per heavy atom. The van der Waals surface area contributed by atoms with E-state index in [1.807, 2.05) is 4.90 Å². The van der Waals surface area contributed by atoms with Gasteiger partial charge in [0.2, 0.25) is 0 Å². The van der Waals surface area contributed by atoms with E-state index >= 15 is 0 Å². The number of hydrogen-bond acceptors (Lipinski definition) is 4. The summed E-state index contributed by atoms with van der Waals surface area (Å²) >= 11 is 3.30. The van der Waals surface area contributed by atoms with E-state index in [0.717, 1.165) is 25.7 Å². The third-order valence-electron chi connectivity index (χ3n) is 4.73. The zero-order valence-corrected chi connectivity index (χ0v) is 18.1. The second-order valence-electron chi connectivity index (χ2n) is 6.65. The monoisotopic (exact) mass is 466 g/mol. The summed E-state index contributed by atoms with van der Waals surface area (Å²) in [7, 11) is -2.35. The number of para-hydroxylation sites is 1. The molecule has 0 aromatic heterocycles. The van der Waals surface area contributed by atoms with Gasteiger partial charge in [0.25, 0.3) is 15.9 Å². The van der Waals surface area contributed by atoms with Gasteiger partial charge in [-0.05, 0) is 59.1 Å². The van der Waals surface area contributed by atoms with Crippen LogP contribution in [0, 0.1) is 0 Å². The van der Waals surface area contributed by atoms with Gasteiger partial charge < -0.3 is 9.64 Å². The standard InChI is InChI=1S/C20H23BrN2O4S/c1-27-19-11-10-15(14-17(19)21)28(25,26)22-18-9-5-4-8-16(18)20(24)23-12-6-2-3-7-13-23/h4-5,8-11,14,22H,2-3,6-7,12-13H2,1H3. The maximum Gasteiger partial charge on any atom is 0.261 e. The van der Waals surface area contributed by atoms with Crippen molar-refractivity contribution in [3.63, 3.8) is 0 Å². The fraction of sp³-hybridized carbons (Fsp3) is 0.350. The quantitative estimate of drug-likeness (QED) is 0.713. The largest absolute Gasteiger partial charge is 0.496 e. The van der Waals surface area contributed by atoms with E-state index in [4.69, 9.17) is 4.74 Å². The van der Waals surface area contributed by atoms with Crippen molar-refractivity contribution in [2.75, 3.05) is 24.9 Å². The van der Waals surface area contributed by atoms with E-state index in [0.29, 0.717) is 28.9 Å². The van der Waals surface area contributed by atoms with Crippen LogP contribution in [0.5, 0.6) is 5.75 Å². The first kappa shape index (κ1) is 20.7. The molecule has 0 radical (unpaired) electrons. The molecule has 8 heteroatoms. The average Bonchev–Trinajstić information content (AvgIpc) is 2.97. The van der Waals surface area contributed by atoms with E-state index < -0.39 is 10.0 Å². The van der Waals surface area contributed by atoms with Crippen LogP contribution in [0.15, 0.2) is 51.8 Å². The highest BCUT2D eigenvalue weighted by molar-refractivity contribution is 9.10. The van der Waals surface area contributed by atoms with Gasteiger partial charge in [-0.3, -0.25) is 9.52 Å². The number of carbonyl (C=O) groups excluding carboxylic acids is 1. The maximum absolute atomic E-state index is 13.0. The summed E-state index contributed by atoms with van der Waals surface area (Å²) < 4.78 is 34.0. The molecule has 150 valence electrons. The third kappa shape index (κ3) is 4.67. The first-order chi connectivity index (χ1) is 13.4. The van der Waals surface area contributed by atoms with Gasteiger partial charge in [-0.25, -0.2) is 8.42 Å². The van der Waals surface area contributed by atoms with Crippen molar-refractivity contribution < 1.29 is 17.9 Å². The van der Waals surface area contributed by atoms with Crippen molar-refractivity contribution in [3.05, 3.63) is 52.5 Å². The molecule has 0 saturated carbocycles. The van der Waals surface area contributed by atoms with E-state index in [1.54, 1.807) is 30.3 Å². The summed E-state index contributed by atoms with van der Waals surface area (Å²) in [5.74, 6) is 0.395. The lowest BCUT2D eigenvalue weighted by Crippen LogP contribution is -2.32. The molecule has 0 bridgehead atoms. The molecule has 1 aliphatic heterocycles. The third-order valence-corrected chi connectivity index (χ3v) is 6.71. The fourth-order valence-electron chi connectivity index (χ4n) is 3.22. The average molecular weight is 467 g/mol. The van der Waals surface area contributed by atoms with Gasteiger partial charge in [-0.1, -0.05) is 25.0 Å². The van der Waals surface area contributed by atoms with Crippen LogP contribution in [0.25, 0.3) is 0 Å². The van der Waals surface area contributed by atoms with Crippen LogP contribution in [0.2, 0.25) is 0 Å². The number of hydrogen-bond donors (Lipinski definition) is 1. The predicted molar refractivity (Wildman–Crippen MR) is 112 cm³/mol. The van der Waals surface area contributed by atoms with Crippen LogP contribution in [0.3, 0.4) is 0 Å². The molecule has 6 nitrogen and oxygen atoms in total. The molecule has 0 spiro atoms. The van der Waals surface area contributed by atoms with Crippen molar-refractivity contribution in [1.82, 2.24) is 4.90 Å². The number of anilines is 1. The minimum atomic E-state index is -3.86. The number of benzene rings is 2. The molecule has 3 rings (SSSR count). The Bertz CT molecular complexity index is 954. The minimum absolute atomic E-state index is 0.0807. The Balaban J connectivity index is 1.88. The topological polar surface area (TPSA) is 75.7 Å². The number of methoxy groups -OCH3 is 1. The summed E-state index contributed by atoms with van der Waals surface area (Å²) in [6.07, 6.45) is 4.17. The predicted octanol–water partition coefficient (Wildman–Crippen LogP) is 4.27. The Labute approximate surface area is 174 Å². The van der Waals surface area contributed by atoms with Gasteiger partial charge in [0, 0.05) is 13.1 Å². The Kier molecular flexibility index (Phi) is 6.61. The highest BCUT2D eigenvalue weighted by Gasteiger charge is 2.23. The van der Waals surface area contributed by atoms with Crippen LogP contribution in [0.1, 0.15) is 36.0 Å². The van der Waals surface area contributed by atoms with Crippen molar-refractivity contribution in [2.24, 2.45) is 0 Å². The minimum Gasteiger partial charge on any atom is -0.496 e.